The van der Waals surface area contributed by atoms with Gasteiger partial charge in [0.2, 0.25) is 0 Å². The van der Waals surface area contributed by atoms with Crippen molar-refractivity contribution in [3.05, 3.63) is 33.9 Å². The zero-order valence-corrected chi connectivity index (χ0v) is 10.1. The second kappa shape index (κ2) is 6.20. The Hall–Kier alpha value is -1.62. The Kier molecular flexibility index (Phi) is 4.90. The molecule has 2 N–H and O–H groups in total. The van der Waals surface area contributed by atoms with Gasteiger partial charge in [0.15, 0.2) is 0 Å². The van der Waals surface area contributed by atoms with E-state index in [0.717, 1.165) is 18.5 Å². The number of hydrogen-bond donors (Lipinski definition) is 2. The molecule has 0 aliphatic carbocycles. The molecular weight excluding hydrogens is 220 g/mol. The van der Waals surface area contributed by atoms with Gasteiger partial charge in [0, 0.05) is 23.4 Å². The maximum absolute atomic E-state index is 10.7. The maximum atomic E-state index is 10.7. The molecule has 5 heteroatoms. The molecule has 1 aromatic rings. The summed E-state index contributed by atoms with van der Waals surface area (Å²) < 4.78 is 0. The molecule has 17 heavy (non-hydrogen) atoms. The lowest BCUT2D eigenvalue weighted by atomic mass is 10.1. The molecule has 0 saturated carbocycles. The molecule has 94 valence electrons. The highest BCUT2D eigenvalue weighted by Gasteiger charge is 2.11. The normalized spacial score (nSPS) is 12.2. The van der Waals surface area contributed by atoms with Gasteiger partial charge in [-0.3, -0.25) is 10.1 Å². The summed E-state index contributed by atoms with van der Waals surface area (Å²) in [5.74, 6) is 0. The first kappa shape index (κ1) is 13.4. The fourth-order valence-electron chi connectivity index (χ4n) is 1.74. The molecule has 1 unspecified atom stereocenters. The van der Waals surface area contributed by atoms with E-state index < -0.39 is 4.92 Å². The van der Waals surface area contributed by atoms with E-state index in [4.69, 9.17) is 5.11 Å². The Labute approximate surface area is 101 Å². The van der Waals surface area contributed by atoms with E-state index in [2.05, 4.69) is 5.32 Å². The molecule has 0 aliphatic rings. The Morgan fingerprint density at radius 3 is 2.71 bits per heavy atom. The summed E-state index contributed by atoms with van der Waals surface area (Å²) in [5, 5.41) is 23.0. The fraction of sp³-hybridized carbons (Fsp3) is 0.500. The topological polar surface area (TPSA) is 75.4 Å². The van der Waals surface area contributed by atoms with Crippen molar-refractivity contribution in [2.45, 2.75) is 32.7 Å². The number of rotatable bonds is 6. The van der Waals surface area contributed by atoms with Gasteiger partial charge in [0.1, 0.15) is 0 Å². The molecule has 0 radical (unpaired) electrons. The SMILES string of the molecule is CCCC(CO)Nc1ccc([N+](=O)[O-])c(C)c1. The number of nitro groups is 1. The van der Waals surface area contributed by atoms with Crippen molar-refractivity contribution >= 4 is 11.4 Å². The highest BCUT2D eigenvalue weighted by atomic mass is 16.6. The smallest absolute Gasteiger partial charge is 0.272 e. The van der Waals surface area contributed by atoms with Crippen LogP contribution in [0, 0.1) is 17.0 Å². The predicted molar refractivity (Wildman–Crippen MR) is 67.2 cm³/mol. The van der Waals surface area contributed by atoms with Gasteiger partial charge < -0.3 is 10.4 Å². The molecule has 0 amide bonds. The van der Waals surface area contributed by atoms with Crippen LogP contribution in [-0.4, -0.2) is 22.7 Å². The van der Waals surface area contributed by atoms with Crippen LogP contribution in [0.3, 0.4) is 0 Å². The molecule has 5 nitrogen and oxygen atoms in total. The molecule has 1 atom stereocenters. The Morgan fingerprint density at radius 1 is 1.53 bits per heavy atom. The highest BCUT2D eigenvalue weighted by Crippen LogP contribution is 2.22. The van der Waals surface area contributed by atoms with Crippen molar-refractivity contribution in [1.82, 2.24) is 0 Å². The van der Waals surface area contributed by atoms with Crippen molar-refractivity contribution in [2.24, 2.45) is 0 Å². The second-order valence-corrected chi connectivity index (χ2v) is 4.07. The number of benzene rings is 1. The Bertz CT molecular complexity index is 393. The number of hydrogen-bond acceptors (Lipinski definition) is 4. The summed E-state index contributed by atoms with van der Waals surface area (Å²) in [6.07, 6.45) is 1.84. The molecule has 0 fully saturated rings. The first-order chi connectivity index (χ1) is 8.08. The Balaban J connectivity index is 2.79. The van der Waals surface area contributed by atoms with E-state index in [1.165, 1.54) is 6.07 Å². The van der Waals surface area contributed by atoms with E-state index in [1.807, 2.05) is 6.92 Å². The van der Waals surface area contributed by atoms with Crippen molar-refractivity contribution in [3.63, 3.8) is 0 Å². The number of aliphatic hydroxyl groups is 1. The lowest BCUT2D eigenvalue weighted by Crippen LogP contribution is -2.23. The van der Waals surface area contributed by atoms with E-state index in [-0.39, 0.29) is 18.3 Å². The molecule has 1 aromatic carbocycles. The zero-order valence-electron chi connectivity index (χ0n) is 10.1. The number of nitro benzene ring substituents is 1. The molecule has 0 spiro atoms. The summed E-state index contributed by atoms with van der Waals surface area (Å²) in [7, 11) is 0. The summed E-state index contributed by atoms with van der Waals surface area (Å²) in [5.41, 5.74) is 1.54. The van der Waals surface area contributed by atoms with Crippen molar-refractivity contribution in [2.75, 3.05) is 11.9 Å². The van der Waals surface area contributed by atoms with Crippen LogP contribution in [0.15, 0.2) is 18.2 Å². The zero-order chi connectivity index (χ0) is 12.8. The largest absolute Gasteiger partial charge is 0.394 e. The van der Waals surface area contributed by atoms with Gasteiger partial charge in [0.25, 0.3) is 5.69 Å². The lowest BCUT2D eigenvalue weighted by molar-refractivity contribution is -0.385. The number of nitrogens with zero attached hydrogens (tertiary/aromatic N) is 1. The monoisotopic (exact) mass is 238 g/mol. The summed E-state index contributed by atoms with van der Waals surface area (Å²) in [6, 6.07) is 4.89. The molecule has 0 bridgehead atoms. The third-order valence-corrected chi connectivity index (χ3v) is 2.62. The number of anilines is 1. The minimum Gasteiger partial charge on any atom is -0.394 e. The van der Waals surface area contributed by atoms with Crippen molar-refractivity contribution in [3.8, 4) is 0 Å². The van der Waals surface area contributed by atoms with Gasteiger partial charge in [-0.15, -0.1) is 0 Å². The predicted octanol–water partition coefficient (Wildman–Crippen LogP) is 2.48. The summed E-state index contributed by atoms with van der Waals surface area (Å²) in [4.78, 5) is 10.3. The second-order valence-electron chi connectivity index (χ2n) is 4.07. The van der Waals surface area contributed by atoms with Gasteiger partial charge in [-0.25, -0.2) is 0 Å². The van der Waals surface area contributed by atoms with Crippen molar-refractivity contribution in [1.29, 1.82) is 0 Å². The standard InChI is InChI=1S/C12H18N2O3/c1-3-4-11(8-15)13-10-5-6-12(14(16)17)9(2)7-10/h5-7,11,13,15H,3-4,8H2,1-2H3. The average molecular weight is 238 g/mol. The first-order valence-corrected chi connectivity index (χ1v) is 5.71. The van der Waals surface area contributed by atoms with Gasteiger partial charge in [-0.1, -0.05) is 13.3 Å². The first-order valence-electron chi connectivity index (χ1n) is 5.71. The number of aliphatic hydroxyl groups excluding tert-OH is 1. The van der Waals surface area contributed by atoms with E-state index in [1.54, 1.807) is 19.1 Å². The minimum absolute atomic E-state index is 0.000793. The van der Waals surface area contributed by atoms with Crippen LogP contribution in [0.2, 0.25) is 0 Å². The van der Waals surface area contributed by atoms with Gasteiger partial charge >= 0.3 is 0 Å². The fourth-order valence-corrected chi connectivity index (χ4v) is 1.74. The number of nitrogens with one attached hydrogen (secondary N) is 1. The third-order valence-electron chi connectivity index (χ3n) is 2.62. The van der Waals surface area contributed by atoms with E-state index >= 15 is 0 Å². The van der Waals surface area contributed by atoms with Crippen LogP contribution < -0.4 is 5.32 Å². The van der Waals surface area contributed by atoms with Gasteiger partial charge in [0.05, 0.1) is 11.5 Å². The van der Waals surface area contributed by atoms with Crippen LogP contribution in [-0.2, 0) is 0 Å². The van der Waals surface area contributed by atoms with Gasteiger partial charge in [-0.2, -0.15) is 0 Å². The molecule has 1 rings (SSSR count). The Morgan fingerprint density at radius 2 is 2.24 bits per heavy atom. The molecule has 0 aliphatic heterocycles. The summed E-state index contributed by atoms with van der Waals surface area (Å²) in [6.45, 7) is 3.81. The molecule has 0 heterocycles. The third kappa shape index (κ3) is 3.71. The van der Waals surface area contributed by atoms with E-state index in [0.29, 0.717) is 5.56 Å². The minimum atomic E-state index is -0.394. The quantitative estimate of drug-likeness (QED) is 0.589. The summed E-state index contributed by atoms with van der Waals surface area (Å²) >= 11 is 0. The van der Waals surface area contributed by atoms with Crippen LogP contribution in [0.25, 0.3) is 0 Å². The average Bonchev–Trinajstić information content (AvgIpc) is 2.28. The highest BCUT2D eigenvalue weighted by molar-refractivity contribution is 5.54. The van der Waals surface area contributed by atoms with E-state index in [9.17, 15) is 10.1 Å². The van der Waals surface area contributed by atoms with Crippen molar-refractivity contribution < 1.29 is 10.0 Å². The lowest BCUT2D eigenvalue weighted by Gasteiger charge is -2.16. The van der Waals surface area contributed by atoms with Crippen LogP contribution in [0.5, 0.6) is 0 Å². The number of aryl methyl sites for hydroxylation is 1. The van der Waals surface area contributed by atoms with Gasteiger partial charge in [-0.05, 0) is 25.5 Å². The van der Waals surface area contributed by atoms with Crippen LogP contribution >= 0.6 is 0 Å². The molecular formula is C12H18N2O3. The van der Waals surface area contributed by atoms with Crippen LogP contribution in [0.1, 0.15) is 25.3 Å². The maximum Gasteiger partial charge on any atom is 0.272 e. The van der Waals surface area contributed by atoms with Crippen LogP contribution in [0.4, 0.5) is 11.4 Å². The molecule has 0 aromatic heterocycles. The molecule has 0 saturated heterocycles.